The van der Waals surface area contributed by atoms with E-state index in [1.165, 1.54) is 4.90 Å². The molecule has 0 aliphatic carbocycles. The Morgan fingerprint density at radius 3 is 2.47 bits per heavy atom. The average Bonchev–Trinajstić information content (AvgIpc) is 2.55. The molecule has 1 fully saturated rings. The van der Waals surface area contributed by atoms with E-state index in [1.54, 1.807) is 11.8 Å². The summed E-state index contributed by atoms with van der Waals surface area (Å²) >= 11 is 1.54. The summed E-state index contributed by atoms with van der Waals surface area (Å²) in [6, 6.07) is 0. The van der Waals surface area contributed by atoms with Crippen molar-refractivity contribution in [2.45, 2.75) is 57.5 Å². The molecule has 19 heavy (non-hydrogen) atoms. The average molecular weight is 285 g/mol. The van der Waals surface area contributed by atoms with Crippen molar-refractivity contribution in [1.82, 2.24) is 4.90 Å². The largest absolute Gasteiger partial charge is 0.299 e. The highest BCUT2D eigenvalue weighted by Gasteiger charge is 2.38. The lowest BCUT2D eigenvalue weighted by Crippen LogP contribution is -2.32. The summed E-state index contributed by atoms with van der Waals surface area (Å²) in [7, 11) is 0. The molecule has 0 bridgehead atoms. The van der Waals surface area contributed by atoms with E-state index in [1.807, 2.05) is 27.7 Å². The highest BCUT2D eigenvalue weighted by molar-refractivity contribution is 8.01. The minimum absolute atomic E-state index is 0.0224. The maximum Gasteiger partial charge on any atom is 0.242 e. The Balaban J connectivity index is 2.44. The fourth-order valence-corrected chi connectivity index (χ4v) is 3.16. The number of hydrogen-bond acceptors (Lipinski definition) is 4. The molecule has 0 radical (unpaired) electrons. The summed E-state index contributed by atoms with van der Waals surface area (Å²) in [5.41, 5.74) is 0. The fourth-order valence-electron chi connectivity index (χ4n) is 2.02. The second kappa shape index (κ2) is 7.08. The smallest absolute Gasteiger partial charge is 0.242 e. The number of carbonyl (C=O) groups excluding carboxylic acids is 3. The predicted molar refractivity (Wildman–Crippen MR) is 76.9 cm³/mol. The first-order valence-electron chi connectivity index (χ1n) is 6.85. The minimum Gasteiger partial charge on any atom is -0.299 e. The number of hydrogen-bond donors (Lipinski definition) is 0. The van der Waals surface area contributed by atoms with E-state index < -0.39 is 0 Å². The highest BCUT2D eigenvalue weighted by Crippen LogP contribution is 2.28. The van der Waals surface area contributed by atoms with Crippen LogP contribution in [0.5, 0.6) is 0 Å². The molecule has 1 rings (SSSR count). The molecule has 108 valence electrons. The lowest BCUT2D eigenvalue weighted by atomic mass is 10.0. The zero-order chi connectivity index (χ0) is 14.6. The fraction of sp³-hybridized carbons (Fsp3) is 0.786. The van der Waals surface area contributed by atoms with E-state index in [-0.39, 0.29) is 28.8 Å². The van der Waals surface area contributed by atoms with E-state index >= 15 is 0 Å². The molecule has 1 atom stereocenters. The molecule has 0 aromatic heterocycles. The standard InChI is InChI=1S/C14H23NO3S/c1-9(2)11(16)6-5-7-15-13(17)8-12(14(15)18)19-10(3)4/h9-10,12H,5-8H2,1-4H3. The van der Waals surface area contributed by atoms with Gasteiger partial charge in [0.05, 0.1) is 5.25 Å². The van der Waals surface area contributed by atoms with Crippen LogP contribution in [-0.2, 0) is 14.4 Å². The van der Waals surface area contributed by atoms with Gasteiger partial charge in [0.1, 0.15) is 5.78 Å². The molecule has 0 spiro atoms. The third-order valence-electron chi connectivity index (χ3n) is 3.09. The van der Waals surface area contributed by atoms with Crippen LogP contribution in [0.25, 0.3) is 0 Å². The van der Waals surface area contributed by atoms with Gasteiger partial charge >= 0.3 is 0 Å². The van der Waals surface area contributed by atoms with Crippen molar-refractivity contribution >= 4 is 29.4 Å². The number of ketones is 1. The van der Waals surface area contributed by atoms with E-state index in [4.69, 9.17) is 0 Å². The Labute approximate surface area is 119 Å². The molecule has 0 aromatic rings. The molecule has 1 aliphatic rings. The molecule has 1 aliphatic heterocycles. The number of imide groups is 1. The number of amides is 2. The number of rotatable bonds is 7. The van der Waals surface area contributed by atoms with Crippen LogP contribution in [0.1, 0.15) is 47.0 Å². The van der Waals surface area contributed by atoms with Gasteiger partial charge in [-0.15, -0.1) is 11.8 Å². The van der Waals surface area contributed by atoms with Crippen LogP contribution in [0.15, 0.2) is 0 Å². The van der Waals surface area contributed by atoms with Gasteiger partial charge in [-0.3, -0.25) is 19.3 Å². The summed E-state index contributed by atoms with van der Waals surface area (Å²) in [5.74, 6) is 0.0299. The molecule has 1 heterocycles. The lowest BCUT2D eigenvalue weighted by molar-refractivity contribution is -0.138. The summed E-state index contributed by atoms with van der Waals surface area (Å²) in [6.07, 6.45) is 1.32. The van der Waals surface area contributed by atoms with E-state index in [0.29, 0.717) is 31.1 Å². The van der Waals surface area contributed by atoms with Crippen LogP contribution in [0.4, 0.5) is 0 Å². The molecular formula is C14H23NO3S. The van der Waals surface area contributed by atoms with Crippen molar-refractivity contribution in [1.29, 1.82) is 0 Å². The first-order valence-corrected chi connectivity index (χ1v) is 7.79. The Morgan fingerprint density at radius 2 is 1.95 bits per heavy atom. The summed E-state index contributed by atoms with van der Waals surface area (Å²) in [4.78, 5) is 36.7. The zero-order valence-corrected chi connectivity index (χ0v) is 13.0. The molecule has 2 amide bonds. The normalized spacial score (nSPS) is 19.9. The van der Waals surface area contributed by atoms with Crippen LogP contribution >= 0.6 is 11.8 Å². The van der Waals surface area contributed by atoms with Crippen molar-refractivity contribution in [3.63, 3.8) is 0 Å². The number of Topliss-reactive ketones (excluding diaryl/α,β-unsaturated/α-hetero) is 1. The third-order valence-corrected chi connectivity index (χ3v) is 4.33. The predicted octanol–water partition coefficient (Wildman–Crippen LogP) is 2.26. The Morgan fingerprint density at radius 1 is 1.32 bits per heavy atom. The van der Waals surface area contributed by atoms with Gasteiger partial charge in [-0.25, -0.2) is 0 Å². The molecule has 1 unspecified atom stereocenters. The molecule has 0 N–H and O–H groups in total. The van der Waals surface area contributed by atoms with Crippen molar-refractivity contribution in [2.75, 3.05) is 6.54 Å². The van der Waals surface area contributed by atoms with Crippen LogP contribution in [-0.4, -0.2) is 39.5 Å². The molecule has 1 saturated heterocycles. The van der Waals surface area contributed by atoms with Gasteiger partial charge in [0.2, 0.25) is 11.8 Å². The van der Waals surface area contributed by atoms with Gasteiger partial charge in [-0.2, -0.15) is 0 Å². The SMILES string of the molecule is CC(C)SC1CC(=O)N(CCCC(=O)C(C)C)C1=O. The molecular weight excluding hydrogens is 262 g/mol. The van der Waals surface area contributed by atoms with Gasteiger partial charge in [0.25, 0.3) is 0 Å². The van der Waals surface area contributed by atoms with Crippen LogP contribution in [0, 0.1) is 5.92 Å². The van der Waals surface area contributed by atoms with Gasteiger partial charge in [0, 0.05) is 25.3 Å². The monoisotopic (exact) mass is 285 g/mol. The zero-order valence-electron chi connectivity index (χ0n) is 12.1. The molecule has 5 heteroatoms. The molecule has 0 aromatic carbocycles. The van der Waals surface area contributed by atoms with Crippen LogP contribution in [0.2, 0.25) is 0 Å². The van der Waals surface area contributed by atoms with E-state index in [9.17, 15) is 14.4 Å². The second-order valence-corrected chi connectivity index (χ2v) is 7.27. The quantitative estimate of drug-likeness (QED) is 0.673. The van der Waals surface area contributed by atoms with Crippen molar-refractivity contribution < 1.29 is 14.4 Å². The number of nitrogens with zero attached hydrogens (tertiary/aromatic N) is 1. The van der Waals surface area contributed by atoms with Crippen molar-refractivity contribution in [2.24, 2.45) is 5.92 Å². The highest BCUT2D eigenvalue weighted by atomic mass is 32.2. The van der Waals surface area contributed by atoms with Gasteiger partial charge in [0.15, 0.2) is 0 Å². The first-order chi connectivity index (χ1) is 8.82. The van der Waals surface area contributed by atoms with E-state index in [2.05, 4.69) is 0 Å². The van der Waals surface area contributed by atoms with Gasteiger partial charge < -0.3 is 0 Å². The van der Waals surface area contributed by atoms with Crippen molar-refractivity contribution in [3.8, 4) is 0 Å². The summed E-state index contributed by atoms with van der Waals surface area (Å²) < 4.78 is 0. The Kier molecular flexibility index (Phi) is 6.04. The number of thioether (sulfide) groups is 1. The minimum atomic E-state index is -0.228. The van der Waals surface area contributed by atoms with Gasteiger partial charge in [-0.05, 0) is 11.7 Å². The van der Waals surface area contributed by atoms with Crippen molar-refractivity contribution in [3.05, 3.63) is 0 Å². The maximum atomic E-state index is 12.1. The molecule has 4 nitrogen and oxygen atoms in total. The van der Waals surface area contributed by atoms with Crippen LogP contribution in [0.3, 0.4) is 0 Å². The van der Waals surface area contributed by atoms with Gasteiger partial charge in [-0.1, -0.05) is 27.7 Å². The first kappa shape index (κ1) is 16.2. The Bertz CT molecular complexity index is 366. The number of carbonyl (C=O) groups is 3. The lowest BCUT2D eigenvalue weighted by Gasteiger charge is -2.15. The third kappa shape index (κ3) is 4.64. The summed E-state index contributed by atoms with van der Waals surface area (Å²) in [6.45, 7) is 8.15. The second-order valence-electron chi connectivity index (χ2n) is 5.49. The number of likely N-dealkylation sites (tertiary alicyclic amines) is 1. The molecule has 0 saturated carbocycles. The summed E-state index contributed by atoms with van der Waals surface area (Å²) in [5, 5.41) is 0.109. The van der Waals surface area contributed by atoms with E-state index in [0.717, 1.165) is 0 Å². The topological polar surface area (TPSA) is 54.5 Å². The maximum absolute atomic E-state index is 12.1. The van der Waals surface area contributed by atoms with Crippen LogP contribution < -0.4 is 0 Å². The Hall–Kier alpha value is -0.840.